The van der Waals surface area contributed by atoms with Crippen LogP contribution in [0.25, 0.3) is 0 Å². The Labute approximate surface area is 76.6 Å². The second kappa shape index (κ2) is 3.68. The molecular formula is C9H10ClNO. The van der Waals surface area contributed by atoms with E-state index in [2.05, 4.69) is 4.98 Å². The quantitative estimate of drug-likeness (QED) is 0.521. The third-order valence-electron chi connectivity index (χ3n) is 1.54. The first-order valence-electron chi connectivity index (χ1n) is 3.77. The van der Waals surface area contributed by atoms with Crippen LogP contribution >= 0.6 is 11.6 Å². The molecule has 0 amide bonds. The van der Waals surface area contributed by atoms with Crippen LogP contribution in [0.1, 0.15) is 24.2 Å². The third-order valence-corrected chi connectivity index (χ3v) is 1.74. The van der Waals surface area contributed by atoms with Crippen molar-refractivity contribution in [2.24, 2.45) is 5.92 Å². The van der Waals surface area contributed by atoms with Gasteiger partial charge in [-0.1, -0.05) is 25.4 Å². The minimum atomic E-state index is 0.00321. The Morgan fingerprint density at radius 3 is 2.75 bits per heavy atom. The molecule has 0 N–H and O–H groups in total. The van der Waals surface area contributed by atoms with Gasteiger partial charge in [0.05, 0.1) is 0 Å². The summed E-state index contributed by atoms with van der Waals surface area (Å²) in [6.07, 6.45) is 1.54. The summed E-state index contributed by atoms with van der Waals surface area (Å²) in [5.41, 5.74) is 0.630. The number of pyridine rings is 1. The fraction of sp³-hybridized carbons (Fsp3) is 0.333. The Bertz CT molecular complexity index is 296. The summed E-state index contributed by atoms with van der Waals surface area (Å²) < 4.78 is 0. The van der Waals surface area contributed by atoms with Crippen LogP contribution in [-0.2, 0) is 0 Å². The normalized spacial score (nSPS) is 10.3. The van der Waals surface area contributed by atoms with Crippen molar-refractivity contribution in [2.45, 2.75) is 13.8 Å². The zero-order valence-electron chi connectivity index (χ0n) is 7.04. The average Bonchev–Trinajstić information content (AvgIpc) is 2.03. The lowest BCUT2D eigenvalue weighted by molar-refractivity contribution is 0.0939. The Hall–Kier alpha value is -0.890. The maximum atomic E-state index is 11.4. The molecule has 0 bridgehead atoms. The molecule has 64 valence electrons. The van der Waals surface area contributed by atoms with Crippen molar-refractivity contribution < 1.29 is 4.79 Å². The summed E-state index contributed by atoms with van der Waals surface area (Å²) in [5.74, 6) is 0.0998. The topological polar surface area (TPSA) is 30.0 Å². The van der Waals surface area contributed by atoms with Crippen LogP contribution in [0.5, 0.6) is 0 Å². The first-order chi connectivity index (χ1) is 5.61. The zero-order valence-corrected chi connectivity index (χ0v) is 7.80. The molecule has 3 heteroatoms. The molecule has 0 unspecified atom stereocenters. The molecule has 1 aromatic rings. The molecule has 0 aliphatic carbocycles. The average molecular weight is 184 g/mol. The smallest absolute Gasteiger partial charge is 0.165 e. The van der Waals surface area contributed by atoms with E-state index in [1.807, 2.05) is 13.8 Å². The predicted octanol–water partition coefficient (Wildman–Crippen LogP) is 2.57. The van der Waals surface area contributed by atoms with Crippen molar-refractivity contribution >= 4 is 17.4 Å². The van der Waals surface area contributed by atoms with Gasteiger partial charge in [0, 0.05) is 17.7 Å². The number of hydrogen-bond donors (Lipinski definition) is 0. The molecule has 2 nitrogen and oxygen atoms in total. The van der Waals surface area contributed by atoms with Crippen molar-refractivity contribution in [3.63, 3.8) is 0 Å². The summed E-state index contributed by atoms with van der Waals surface area (Å²) in [5, 5.41) is 0.363. The SMILES string of the molecule is CC(C)C(=O)c1ccnc(Cl)c1. The second-order valence-corrected chi connectivity index (χ2v) is 3.27. The standard InChI is InChI=1S/C9H10ClNO/c1-6(2)9(12)7-3-4-11-8(10)5-7/h3-6H,1-2H3. The molecule has 0 saturated carbocycles. The van der Waals surface area contributed by atoms with Crippen LogP contribution in [0.15, 0.2) is 18.3 Å². The number of Topliss-reactive ketones (excluding diaryl/α,β-unsaturated/α-hetero) is 1. The van der Waals surface area contributed by atoms with E-state index >= 15 is 0 Å². The summed E-state index contributed by atoms with van der Waals surface area (Å²) in [6, 6.07) is 3.26. The van der Waals surface area contributed by atoms with Gasteiger partial charge in [-0.25, -0.2) is 4.98 Å². The second-order valence-electron chi connectivity index (χ2n) is 2.89. The molecule has 0 aromatic carbocycles. The molecule has 0 radical (unpaired) electrons. The molecule has 0 atom stereocenters. The number of carbonyl (C=O) groups is 1. The summed E-state index contributed by atoms with van der Waals surface area (Å²) >= 11 is 5.63. The largest absolute Gasteiger partial charge is 0.294 e. The van der Waals surface area contributed by atoms with E-state index in [0.717, 1.165) is 0 Å². The molecule has 0 fully saturated rings. The molecule has 12 heavy (non-hydrogen) atoms. The molecule has 1 rings (SSSR count). The number of hydrogen-bond acceptors (Lipinski definition) is 2. The first kappa shape index (κ1) is 9.20. The number of rotatable bonds is 2. The molecular weight excluding hydrogens is 174 g/mol. The van der Waals surface area contributed by atoms with Crippen LogP contribution in [0.2, 0.25) is 5.15 Å². The first-order valence-corrected chi connectivity index (χ1v) is 4.15. The summed E-state index contributed by atoms with van der Waals surface area (Å²) in [4.78, 5) is 15.2. The van der Waals surface area contributed by atoms with E-state index in [1.165, 1.54) is 6.20 Å². The Balaban J connectivity index is 2.96. The number of halogens is 1. The number of carbonyl (C=O) groups excluding carboxylic acids is 1. The monoisotopic (exact) mass is 183 g/mol. The fourth-order valence-corrected chi connectivity index (χ4v) is 1.06. The molecule has 0 saturated heterocycles. The lowest BCUT2D eigenvalue weighted by Gasteiger charge is -2.02. The minimum absolute atomic E-state index is 0.00321. The van der Waals surface area contributed by atoms with Crippen molar-refractivity contribution in [1.29, 1.82) is 0 Å². The summed E-state index contributed by atoms with van der Waals surface area (Å²) in [7, 11) is 0. The van der Waals surface area contributed by atoms with Crippen LogP contribution < -0.4 is 0 Å². The van der Waals surface area contributed by atoms with Crippen LogP contribution in [-0.4, -0.2) is 10.8 Å². The van der Waals surface area contributed by atoms with E-state index in [0.29, 0.717) is 10.7 Å². The molecule has 1 heterocycles. The van der Waals surface area contributed by atoms with Crippen molar-refractivity contribution in [1.82, 2.24) is 4.98 Å². The Morgan fingerprint density at radius 2 is 2.25 bits per heavy atom. The fourth-order valence-electron chi connectivity index (χ4n) is 0.889. The summed E-state index contributed by atoms with van der Waals surface area (Å²) in [6.45, 7) is 3.72. The van der Waals surface area contributed by atoms with Gasteiger partial charge in [-0.2, -0.15) is 0 Å². The van der Waals surface area contributed by atoms with E-state index in [1.54, 1.807) is 12.1 Å². The maximum Gasteiger partial charge on any atom is 0.165 e. The van der Waals surface area contributed by atoms with Crippen LogP contribution in [0.4, 0.5) is 0 Å². The van der Waals surface area contributed by atoms with Crippen molar-refractivity contribution in [3.05, 3.63) is 29.0 Å². The van der Waals surface area contributed by atoms with E-state index in [4.69, 9.17) is 11.6 Å². The molecule has 0 aliphatic rings. The lowest BCUT2D eigenvalue weighted by atomic mass is 10.0. The Kier molecular flexibility index (Phi) is 2.82. The minimum Gasteiger partial charge on any atom is -0.294 e. The number of nitrogens with zero attached hydrogens (tertiary/aromatic N) is 1. The van der Waals surface area contributed by atoms with Gasteiger partial charge in [0.1, 0.15) is 5.15 Å². The number of ketones is 1. The van der Waals surface area contributed by atoms with E-state index in [9.17, 15) is 4.79 Å². The highest BCUT2D eigenvalue weighted by Crippen LogP contribution is 2.11. The Morgan fingerprint density at radius 1 is 1.58 bits per heavy atom. The van der Waals surface area contributed by atoms with Gasteiger partial charge < -0.3 is 0 Å². The maximum absolute atomic E-state index is 11.4. The van der Waals surface area contributed by atoms with Gasteiger partial charge in [0.25, 0.3) is 0 Å². The predicted molar refractivity (Wildman–Crippen MR) is 48.4 cm³/mol. The van der Waals surface area contributed by atoms with Gasteiger partial charge in [-0.05, 0) is 12.1 Å². The number of aromatic nitrogens is 1. The molecule has 1 aromatic heterocycles. The third kappa shape index (κ3) is 2.05. The van der Waals surface area contributed by atoms with Gasteiger partial charge in [0.2, 0.25) is 0 Å². The van der Waals surface area contributed by atoms with Crippen molar-refractivity contribution in [2.75, 3.05) is 0 Å². The van der Waals surface area contributed by atoms with Crippen LogP contribution in [0.3, 0.4) is 0 Å². The van der Waals surface area contributed by atoms with Gasteiger partial charge in [0.15, 0.2) is 5.78 Å². The van der Waals surface area contributed by atoms with Gasteiger partial charge in [-0.15, -0.1) is 0 Å². The highest BCUT2D eigenvalue weighted by Gasteiger charge is 2.09. The highest BCUT2D eigenvalue weighted by molar-refractivity contribution is 6.29. The lowest BCUT2D eigenvalue weighted by Crippen LogP contribution is -2.07. The van der Waals surface area contributed by atoms with E-state index in [-0.39, 0.29) is 11.7 Å². The van der Waals surface area contributed by atoms with E-state index < -0.39 is 0 Å². The zero-order chi connectivity index (χ0) is 9.14. The van der Waals surface area contributed by atoms with Gasteiger partial charge >= 0.3 is 0 Å². The molecule has 0 spiro atoms. The van der Waals surface area contributed by atoms with Crippen LogP contribution in [0, 0.1) is 5.92 Å². The highest BCUT2D eigenvalue weighted by atomic mass is 35.5. The van der Waals surface area contributed by atoms with Gasteiger partial charge in [-0.3, -0.25) is 4.79 Å². The van der Waals surface area contributed by atoms with Crippen molar-refractivity contribution in [3.8, 4) is 0 Å². The molecule has 0 aliphatic heterocycles.